The second kappa shape index (κ2) is 8.73. The van der Waals surface area contributed by atoms with Gasteiger partial charge in [0, 0.05) is 23.5 Å². The van der Waals surface area contributed by atoms with Crippen molar-refractivity contribution >= 4 is 12.4 Å². The van der Waals surface area contributed by atoms with E-state index in [1.54, 1.807) is 24.8 Å². The van der Waals surface area contributed by atoms with Crippen LogP contribution in [0.2, 0.25) is 0 Å². The normalized spacial score (nSPS) is 11.6. The zero-order chi connectivity index (χ0) is 19.0. The van der Waals surface area contributed by atoms with Gasteiger partial charge in [0.05, 0.1) is 37.9 Å². The maximum absolute atomic E-state index is 4.35. The number of hydrogen-bond donors (Lipinski definition) is 0. The third-order valence-electron chi connectivity index (χ3n) is 4.16. The molecular formula is C22H20N6. The zero-order valence-electron chi connectivity index (χ0n) is 15.3. The highest BCUT2D eigenvalue weighted by molar-refractivity contribution is 5.81. The van der Waals surface area contributed by atoms with Crippen LogP contribution in [0, 0.1) is 0 Å². The van der Waals surface area contributed by atoms with Crippen LogP contribution in [-0.4, -0.2) is 32.0 Å². The van der Waals surface area contributed by atoms with Crippen LogP contribution in [0.5, 0.6) is 0 Å². The number of benzene rings is 2. The maximum atomic E-state index is 4.35. The lowest BCUT2D eigenvalue weighted by atomic mass is 10.2. The van der Waals surface area contributed by atoms with Gasteiger partial charge in [-0.05, 0) is 11.1 Å². The fourth-order valence-corrected chi connectivity index (χ4v) is 2.81. The van der Waals surface area contributed by atoms with Gasteiger partial charge in [-0.2, -0.15) is 20.4 Å². The number of nitrogens with zero attached hydrogens (tertiary/aromatic N) is 6. The molecule has 0 N–H and O–H groups in total. The molecule has 0 saturated carbocycles. The Hall–Kier alpha value is -3.80. The minimum absolute atomic E-state index is 0.735. The van der Waals surface area contributed by atoms with Gasteiger partial charge in [-0.15, -0.1) is 0 Å². The molecule has 2 aromatic heterocycles. The molecule has 0 saturated heterocycles. The Morgan fingerprint density at radius 2 is 1.07 bits per heavy atom. The van der Waals surface area contributed by atoms with E-state index in [2.05, 4.69) is 44.7 Å². The van der Waals surface area contributed by atoms with Crippen LogP contribution >= 0.6 is 0 Å². The summed E-state index contributed by atoms with van der Waals surface area (Å²) in [6, 6.07) is 20.4. The predicted octanol–water partition coefficient (Wildman–Crippen LogP) is 3.63. The predicted molar refractivity (Wildman–Crippen MR) is 111 cm³/mol. The quantitative estimate of drug-likeness (QED) is 0.369. The van der Waals surface area contributed by atoms with Crippen molar-refractivity contribution in [3.05, 3.63) is 108 Å². The summed E-state index contributed by atoms with van der Waals surface area (Å²) in [6.45, 7) is 1.47. The summed E-state index contributed by atoms with van der Waals surface area (Å²) in [4.78, 5) is 0. The van der Waals surface area contributed by atoms with Gasteiger partial charge in [-0.3, -0.25) is 9.36 Å². The maximum Gasteiger partial charge on any atom is 0.0659 e. The van der Waals surface area contributed by atoms with Gasteiger partial charge in [0.25, 0.3) is 0 Å². The average molecular weight is 368 g/mol. The van der Waals surface area contributed by atoms with Gasteiger partial charge in [0.1, 0.15) is 0 Å². The molecule has 4 rings (SSSR count). The van der Waals surface area contributed by atoms with Gasteiger partial charge in [0.15, 0.2) is 0 Å². The lowest BCUT2D eigenvalue weighted by Gasteiger charge is -2.00. The summed E-state index contributed by atoms with van der Waals surface area (Å²) in [5.74, 6) is 0. The van der Waals surface area contributed by atoms with E-state index < -0.39 is 0 Å². The number of hydrogen-bond acceptors (Lipinski definition) is 4. The van der Waals surface area contributed by atoms with E-state index in [9.17, 15) is 0 Å². The molecule has 0 aliphatic heterocycles. The molecule has 0 amide bonds. The molecule has 0 aliphatic rings. The molecular weight excluding hydrogens is 348 g/mol. The minimum atomic E-state index is 0.735. The molecule has 0 bridgehead atoms. The minimum Gasteiger partial charge on any atom is -0.268 e. The monoisotopic (exact) mass is 368 g/mol. The van der Waals surface area contributed by atoms with E-state index in [1.165, 1.54) is 11.1 Å². The molecule has 0 atom stereocenters. The first kappa shape index (κ1) is 17.6. The molecule has 0 aliphatic carbocycles. The summed E-state index contributed by atoms with van der Waals surface area (Å²) in [7, 11) is 0. The molecule has 2 aromatic carbocycles. The first-order valence-electron chi connectivity index (χ1n) is 9.04. The summed E-state index contributed by atoms with van der Waals surface area (Å²) >= 11 is 0. The Morgan fingerprint density at radius 3 is 1.50 bits per heavy atom. The smallest absolute Gasteiger partial charge is 0.0659 e. The van der Waals surface area contributed by atoms with Crippen LogP contribution in [0.15, 0.2) is 95.7 Å². The van der Waals surface area contributed by atoms with Crippen molar-refractivity contribution in [2.24, 2.45) is 10.2 Å². The van der Waals surface area contributed by atoms with E-state index in [4.69, 9.17) is 0 Å². The molecule has 6 heteroatoms. The highest BCUT2D eigenvalue weighted by atomic mass is 15.3. The summed E-state index contributed by atoms with van der Waals surface area (Å²) in [5, 5.41) is 16.9. The van der Waals surface area contributed by atoms with Crippen LogP contribution in [-0.2, 0) is 13.1 Å². The highest BCUT2D eigenvalue weighted by Gasteiger charge is 1.99. The topological polar surface area (TPSA) is 60.4 Å². The van der Waals surface area contributed by atoms with Gasteiger partial charge >= 0.3 is 0 Å². The molecule has 6 nitrogen and oxygen atoms in total. The molecule has 0 spiro atoms. The third-order valence-corrected chi connectivity index (χ3v) is 4.16. The standard InChI is InChI=1S/C22H20N6/c1-3-7-19(8-4-1)15-27-17-21(13-25-27)11-23-24-12-22-14-26-28(18-22)16-20-9-5-2-6-10-20/h1-14,17-18H,15-16H2. The van der Waals surface area contributed by atoms with Gasteiger partial charge in [0.2, 0.25) is 0 Å². The molecule has 2 heterocycles. The van der Waals surface area contributed by atoms with Crippen molar-refractivity contribution in [1.29, 1.82) is 0 Å². The molecule has 28 heavy (non-hydrogen) atoms. The van der Waals surface area contributed by atoms with Gasteiger partial charge < -0.3 is 0 Å². The van der Waals surface area contributed by atoms with Crippen LogP contribution in [0.25, 0.3) is 0 Å². The summed E-state index contributed by atoms with van der Waals surface area (Å²) in [5.41, 5.74) is 4.24. The molecule has 0 unspecified atom stereocenters. The zero-order valence-corrected chi connectivity index (χ0v) is 15.3. The summed E-state index contributed by atoms with van der Waals surface area (Å²) < 4.78 is 3.77. The molecule has 138 valence electrons. The first-order valence-corrected chi connectivity index (χ1v) is 9.04. The lowest BCUT2D eigenvalue weighted by Crippen LogP contribution is -1.99. The van der Waals surface area contributed by atoms with Gasteiger partial charge in [-0.25, -0.2) is 0 Å². The van der Waals surface area contributed by atoms with E-state index in [1.807, 2.05) is 58.2 Å². The van der Waals surface area contributed by atoms with Crippen LogP contribution in [0.3, 0.4) is 0 Å². The Bertz CT molecular complexity index is 973. The highest BCUT2D eigenvalue weighted by Crippen LogP contribution is 2.04. The van der Waals surface area contributed by atoms with Crippen LogP contribution in [0.4, 0.5) is 0 Å². The molecule has 0 fully saturated rings. The second-order valence-electron chi connectivity index (χ2n) is 6.40. The van der Waals surface area contributed by atoms with E-state index in [0.29, 0.717) is 0 Å². The Morgan fingerprint density at radius 1 is 0.643 bits per heavy atom. The fourth-order valence-electron chi connectivity index (χ4n) is 2.81. The van der Waals surface area contributed by atoms with E-state index in [-0.39, 0.29) is 0 Å². The molecule has 0 radical (unpaired) electrons. The first-order chi connectivity index (χ1) is 13.8. The number of rotatable bonds is 7. The van der Waals surface area contributed by atoms with Crippen LogP contribution < -0.4 is 0 Å². The van der Waals surface area contributed by atoms with E-state index in [0.717, 1.165) is 24.2 Å². The Kier molecular flexibility index (Phi) is 5.49. The molecule has 4 aromatic rings. The lowest BCUT2D eigenvalue weighted by molar-refractivity contribution is 0.687. The summed E-state index contributed by atoms with van der Waals surface area (Å²) in [6.07, 6.45) is 10.8. The van der Waals surface area contributed by atoms with Crippen molar-refractivity contribution in [1.82, 2.24) is 19.6 Å². The van der Waals surface area contributed by atoms with Crippen molar-refractivity contribution in [2.45, 2.75) is 13.1 Å². The largest absolute Gasteiger partial charge is 0.268 e. The number of aromatic nitrogens is 4. The Labute approximate surface area is 163 Å². The van der Waals surface area contributed by atoms with Gasteiger partial charge in [-0.1, -0.05) is 60.7 Å². The van der Waals surface area contributed by atoms with Crippen molar-refractivity contribution in [3.63, 3.8) is 0 Å². The van der Waals surface area contributed by atoms with Crippen molar-refractivity contribution in [3.8, 4) is 0 Å². The third kappa shape index (κ3) is 4.88. The average Bonchev–Trinajstić information content (AvgIpc) is 3.36. The SMILES string of the molecule is C(=NN=Cc1cnn(Cc2ccccc2)c1)c1cnn(Cc2ccccc2)c1. The van der Waals surface area contributed by atoms with Crippen molar-refractivity contribution in [2.75, 3.05) is 0 Å². The van der Waals surface area contributed by atoms with E-state index >= 15 is 0 Å². The second-order valence-corrected chi connectivity index (χ2v) is 6.40. The fraction of sp³-hybridized carbons (Fsp3) is 0.0909. The van der Waals surface area contributed by atoms with Crippen LogP contribution in [0.1, 0.15) is 22.3 Å². The Balaban J connectivity index is 1.32. The van der Waals surface area contributed by atoms with Crippen molar-refractivity contribution < 1.29 is 0 Å².